The van der Waals surface area contributed by atoms with Crippen molar-refractivity contribution in [1.82, 2.24) is 5.32 Å². The predicted octanol–water partition coefficient (Wildman–Crippen LogP) is 1.93. The van der Waals surface area contributed by atoms with Crippen molar-refractivity contribution in [2.75, 3.05) is 0 Å². The molecule has 1 heterocycles. The molecule has 0 saturated carbocycles. The fourth-order valence-electron chi connectivity index (χ4n) is 1.51. The summed E-state index contributed by atoms with van der Waals surface area (Å²) in [6, 6.07) is 6.05. The van der Waals surface area contributed by atoms with Gasteiger partial charge in [-0.05, 0) is 31.5 Å². The van der Waals surface area contributed by atoms with Gasteiger partial charge in [0.1, 0.15) is 0 Å². The molecule has 104 valence electrons. The Balaban J connectivity index is 2.13. The maximum absolute atomic E-state index is 11.3. The molecule has 1 saturated heterocycles. The summed E-state index contributed by atoms with van der Waals surface area (Å²) < 4.78 is 0. The van der Waals surface area contributed by atoms with Crippen molar-refractivity contribution in [1.29, 1.82) is 0 Å². The largest absolute Gasteiger partial charge is 0.303 e. The summed E-state index contributed by atoms with van der Waals surface area (Å²) in [7, 11) is 0. The van der Waals surface area contributed by atoms with Crippen molar-refractivity contribution in [3.63, 3.8) is 0 Å². The monoisotopic (exact) mass is 292 g/mol. The van der Waals surface area contributed by atoms with Crippen LogP contribution < -0.4 is 5.32 Å². The van der Waals surface area contributed by atoms with E-state index >= 15 is 0 Å². The molecule has 1 aliphatic rings. The molecule has 8 heteroatoms. The Labute approximate surface area is 119 Å². The third kappa shape index (κ3) is 3.21. The van der Waals surface area contributed by atoms with Gasteiger partial charge < -0.3 is 5.32 Å². The van der Waals surface area contributed by atoms with Crippen molar-refractivity contribution >= 4 is 34.2 Å². The van der Waals surface area contributed by atoms with E-state index in [0.29, 0.717) is 10.9 Å². The Hall–Kier alpha value is -2.22. The number of carbonyl (C=O) groups excluding carboxylic acids is 1. The number of thioether (sulfide) groups is 1. The minimum atomic E-state index is -0.456. The Kier molecular flexibility index (Phi) is 4.14. The molecule has 1 fully saturated rings. The molecular weight excluding hydrogens is 280 g/mol. The van der Waals surface area contributed by atoms with Crippen LogP contribution in [0, 0.1) is 10.1 Å². The van der Waals surface area contributed by atoms with Crippen LogP contribution in [0.5, 0.6) is 0 Å². The average Bonchev–Trinajstić information content (AvgIpc) is 2.75. The molecule has 20 heavy (non-hydrogen) atoms. The lowest BCUT2D eigenvalue weighted by Crippen LogP contribution is -2.23. The summed E-state index contributed by atoms with van der Waals surface area (Å²) in [4.78, 5) is 21.4. The van der Waals surface area contributed by atoms with Crippen LogP contribution in [0.15, 0.2) is 34.5 Å². The molecule has 0 radical (unpaired) electrons. The van der Waals surface area contributed by atoms with Gasteiger partial charge in [0.05, 0.1) is 15.9 Å². The van der Waals surface area contributed by atoms with E-state index in [0.717, 1.165) is 5.56 Å². The van der Waals surface area contributed by atoms with Crippen LogP contribution in [0.1, 0.15) is 19.4 Å². The summed E-state index contributed by atoms with van der Waals surface area (Å²) in [6.45, 7) is 3.53. The highest BCUT2D eigenvalue weighted by atomic mass is 32.2. The first-order valence-electron chi connectivity index (χ1n) is 5.82. The molecule has 0 bridgehead atoms. The molecule has 0 unspecified atom stereocenters. The molecule has 1 amide bonds. The van der Waals surface area contributed by atoms with E-state index in [9.17, 15) is 14.9 Å². The van der Waals surface area contributed by atoms with Gasteiger partial charge in [-0.1, -0.05) is 11.8 Å². The van der Waals surface area contributed by atoms with E-state index in [2.05, 4.69) is 15.5 Å². The van der Waals surface area contributed by atoms with E-state index in [1.807, 2.05) is 0 Å². The number of nitrogens with one attached hydrogen (secondary N) is 1. The summed E-state index contributed by atoms with van der Waals surface area (Å²) in [6.07, 6.45) is 0. The number of rotatable bonds is 3. The first-order chi connectivity index (χ1) is 9.47. The molecule has 2 rings (SSSR count). The number of nitro groups is 1. The van der Waals surface area contributed by atoms with Gasteiger partial charge in [0.15, 0.2) is 5.17 Å². The smallest absolute Gasteiger partial charge is 0.269 e. The number of hydrogen-bond donors (Lipinski definition) is 1. The number of amidine groups is 1. The van der Waals surface area contributed by atoms with Gasteiger partial charge >= 0.3 is 0 Å². The van der Waals surface area contributed by atoms with E-state index in [4.69, 9.17) is 0 Å². The lowest BCUT2D eigenvalue weighted by Gasteiger charge is -1.98. The maximum atomic E-state index is 11.3. The molecule has 1 aromatic rings. The summed E-state index contributed by atoms with van der Waals surface area (Å²) in [5.41, 5.74) is 1.38. The van der Waals surface area contributed by atoms with Gasteiger partial charge in [-0.15, -0.1) is 5.10 Å². The molecule has 1 atom stereocenters. The van der Waals surface area contributed by atoms with Gasteiger partial charge in [0.25, 0.3) is 5.69 Å². The molecule has 0 spiro atoms. The number of carbonyl (C=O) groups is 1. The summed E-state index contributed by atoms with van der Waals surface area (Å²) in [5.74, 6) is -0.0862. The van der Waals surface area contributed by atoms with Crippen LogP contribution >= 0.6 is 11.8 Å². The minimum absolute atomic E-state index is 0.0281. The van der Waals surface area contributed by atoms with E-state index in [1.165, 1.54) is 23.9 Å². The van der Waals surface area contributed by atoms with Crippen LogP contribution in [0.3, 0.4) is 0 Å². The first-order valence-corrected chi connectivity index (χ1v) is 6.70. The number of hydrogen-bond acceptors (Lipinski definition) is 6. The van der Waals surface area contributed by atoms with Crippen LogP contribution in [0.4, 0.5) is 5.69 Å². The first kappa shape index (κ1) is 14.2. The fourth-order valence-corrected chi connectivity index (χ4v) is 2.26. The minimum Gasteiger partial charge on any atom is -0.303 e. The Morgan fingerprint density at radius 2 is 2.05 bits per heavy atom. The second-order valence-corrected chi connectivity index (χ2v) is 5.47. The standard InChI is InChI=1S/C12H12N4O3S/c1-7(9-3-5-10(6-4-9)16(18)19)14-15-12-13-11(17)8(2)20-12/h3-6,8H,1-2H3,(H,13,15,17)/b14-7-/t8-/m0/s1. The zero-order valence-electron chi connectivity index (χ0n) is 10.9. The van der Waals surface area contributed by atoms with Crippen molar-refractivity contribution in [3.8, 4) is 0 Å². The van der Waals surface area contributed by atoms with Crippen LogP contribution in [0.25, 0.3) is 0 Å². The Bertz CT molecular complexity index is 610. The maximum Gasteiger partial charge on any atom is 0.269 e. The highest BCUT2D eigenvalue weighted by Crippen LogP contribution is 2.18. The zero-order valence-corrected chi connectivity index (χ0v) is 11.7. The number of nitrogens with zero attached hydrogens (tertiary/aromatic N) is 3. The highest BCUT2D eigenvalue weighted by molar-refractivity contribution is 8.15. The molecular formula is C12H12N4O3S. The van der Waals surface area contributed by atoms with Gasteiger partial charge in [-0.3, -0.25) is 14.9 Å². The van der Waals surface area contributed by atoms with E-state index in [-0.39, 0.29) is 16.8 Å². The van der Waals surface area contributed by atoms with E-state index < -0.39 is 4.92 Å². The van der Waals surface area contributed by atoms with Crippen LogP contribution in [-0.4, -0.2) is 27.0 Å². The number of nitro benzene ring substituents is 1. The highest BCUT2D eigenvalue weighted by Gasteiger charge is 2.25. The van der Waals surface area contributed by atoms with Gasteiger partial charge in [0, 0.05) is 12.1 Å². The lowest BCUT2D eigenvalue weighted by atomic mass is 10.1. The molecule has 1 aromatic carbocycles. The molecule has 1 N–H and O–H groups in total. The summed E-state index contributed by atoms with van der Waals surface area (Å²) in [5, 5.41) is 21.4. The number of benzene rings is 1. The number of amides is 1. The molecule has 7 nitrogen and oxygen atoms in total. The van der Waals surface area contributed by atoms with Gasteiger partial charge in [0.2, 0.25) is 5.91 Å². The third-order valence-electron chi connectivity index (χ3n) is 2.67. The number of non-ortho nitro benzene ring substituents is 1. The predicted molar refractivity (Wildman–Crippen MR) is 77.9 cm³/mol. The molecule has 0 aliphatic carbocycles. The fraction of sp³-hybridized carbons (Fsp3) is 0.250. The normalized spacial score (nSPS) is 21.1. The van der Waals surface area contributed by atoms with Crippen molar-refractivity contribution in [2.24, 2.45) is 10.2 Å². The van der Waals surface area contributed by atoms with Gasteiger partial charge in [-0.2, -0.15) is 5.10 Å². The summed E-state index contributed by atoms with van der Waals surface area (Å²) >= 11 is 1.31. The quantitative estimate of drug-likeness (QED) is 0.523. The van der Waals surface area contributed by atoms with E-state index in [1.54, 1.807) is 26.0 Å². The SMILES string of the molecule is C/C(=N/N=C1/NC(=O)[C@H](C)S1)c1ccc([N+](=O)[O-])cc1. The van der Waals surface area contributed by atoms with Crippen molar-refractivity contribution in [3.05, 3.63) is 39.9 Å². The molecule has 0 aromatic heterocycles. The lowest BCUT2D eigenvalue weighted by molar-refractivity contribution is -0.384. The second kappa shape index (κ2) is 5.83. The van der Waals surface area contributed by atoms with Gasteiger partial charge in [-0.25, -0.2) is 0 Å². The third-order valence-corrected chi connectivity index (χ3v) is 3.65. The van der Waals surface area contributed by atoms with Crippen LogP contribution in [0.2, 0.25) is 0 Å². The Morgan fingerprint density at radius 3 is 2.55 bits per heavy atom. The van der Waals surface area contributed by atoms with Crippen LogP contribution in [-0.2, 0) is 4.79 Å². The van der Waals surface area contributed by atoms with Crippen molar-refractivity contribution < 1.29 is 9.72 Å². The van der Waals surface area contributed by atoms with Crippen molar-refractivity contribution in [2.45, 2.75) is 19.1 Å². The zero-order chi connectivity index (χ0) is 14.7. The Morgan fingerprint density at radius 1 is 1.40 bits per heavy atom. The topological polar surface area (TPSA) is 97.0 Å². The molecule has 1 aliphatic heterocycles. The average molecular weight is 292 g/mol. The second-order valence-electron chi connectivity index (χ2n) is 4.14.